The Morgan fingerprint density at radius 2 is 2.06 bits per heavy atom. The maximum atomic E-state index is 11.5. The molecule has 0 saturated heterocycles. The van der Waals surface area contributed by atoms with Crippen molar-refractivity contribution in [3.63, 3.8) is 0 Å². The summed E-state index contributed by atoms with van der Waals surface area (Å²) in [6, 6.07) is 14.5. The molecule has 1 amide bonds. The Morgan fingerprint density at radius 1 is 1.19 bits per heavy atom. The molecule has 0 saturated carbocycles. The molecule has 0 aliphatic carbocycles. The first kappa shape index (κ1) is 20.9. The molecule has 0 spiro atoms. The van der Waals surface area contributed by atoms with Gasteiger partial charge in [0.1, 0.15) is 12.0 Å². The molecule has 2 N–H and O–H groups in total. The average Bonchev–Trinajstić information content (AvgIpc) is 3.18. The number of pyridine rings is 2. The lowest BCUT2D eigenvalue weighted by molar-refractivity contribution is -0.111. The van der Waals surface area contributed by atoms with Crippen LogP contribution in [-0.4, -0.2) is 26.7 Å². The van der Waals surface area contributed by atoms with Crippen LogP contribution < -0.4 is 15.4 Å². The predicted molar refractivity (Wildman–Crippen MR) is 125 cm³/mol. The second kappa shape index (κ2) is 9.17. The number of carbonyl (C=O) groups excluding carboxylic acids is 1. The summed E-state index contributed by atoms with van der Waals surface area (Å²) >= 11 is 0.441. The number of aromatic nitrogens is 2. The van der Waals surface area contributed by atoms with Gasteiger partial charge in [-0.1, -0.05) is 12.6 Å². The van der Waals surface area contributed by atoms with Crippen molar-refractivity contribution >= 4 is 54.9 Å². The van der Waals surface area contributed by atoms with Crippen molar-refractivity contribution in [2.45, 2.75) is 5.03 Å². The maximum absolute atomic E-state index is 11.5. The highest BCUT2D eigenvalue weighted by atomic mass is 32.2. The first-order chi connectivity index (χ1) is 15.0. The van der Waals surface area contributed by atoms with Crippen molar-refractivity contribution in [1.29, 1.82) is 0 Å². The van der Waals surface area contributed by atoms with Gasteiger partial charge in [-0.2, -0.15) is 0 Å². The van der Waals surface area contributed by atoms with Crippen molar-refractivity contribution in [1.82, 2.24) is 9.97 Å². The van der Waals surface area contributed by atoms with Crippen molar-refractivity contribution in [3.05, 3.63) is 73.6 Å². The second-order valence-corrected chi connectivity index (χ2v) is 8.84. The molecular formula is C22H18N4O3S2. The number of amides is 1. The summed E-state index contributed by atoms with van der Waals surface area (Å²) in [6.07, 6.45) is 6.15. The van der Waals surface area contributed by atoms with Gasteiger partial charge in [0.25, 0.3) is 0 Å². The zero-order valence-corrected chi connectivity index (χ0v) is 18.1. The minimum Gasteiger partial charge on any atom is -0.610 e. The van der Waals surface area contributed by atoms with E-state index in [0.29, 0.717) is 22.3 Å². The van der Waals surface area contributed by atoms with E-state index < -0.39 is 11.2 Å². The normalized spacial score (nSPS) is 11.7. The summed E-state index contributed by atoms with van der Waals surface area (Å²) < 4.78 is 18.5. The Labute approximate surface area is 186 Å². The van der Waals surface area contributed by atoms with Crippen LogP contribution in [-0.2, 0) is 16.0 Å². The standard InChI is InChI=1S/C22H18N4O3S2/c1-3-19(27)25-14-5-4-6-16(11-14)29-22-17-12-20(30-18(17)9-10-23-22)26-15-7-8-21(24-13-15)31(2)28/h3-13,26H,1H2,2H3,(H,25,27). The van der Waals surface area contributed by atoms with Crippen LogP contribution in [0.4, 0.5) is 16.4 Å². The summed E-state index contributed by atoms with van der Waals surface area (Å²) in [7, 11) is 0. The van der Waals surface area contributed by atoms with Gasteiger partial charge in [0.05, 0.1) is 22.3 Å². The van der Waals surface area contributed by atoms with Gasteiger partial charge in [0.15, 0.2) is 0 Å². The van der Waals surface area contributed by atoms with E-state index in [-0.39, 0.29) is 5.91 Å². The third-order valence-electron chi connectivity index (χ3n) is 4.21. The fraction of sp³-hybridized carbons (Fsp3) is 0.0455. The molecule has 7 nitrogen and oxygen atoms in total. The first-order valence-electron chi connectivity index (χ1n) is 9.18. The van der Waals surface area contributed by atoms with Crippen LogP contribution in [0.1, 0.15) is 0 Å². The summed E-state index contributed by atoms with van der Waals surface area (Å²) in [5, 5.41) is 8.30. The average molecular weight is 451 g/mol. The molecule has 4 aromatic rings. The molecule has 4 rings (SSSR count). The van der Waals surface area contributed by atoms with Crippen LogP contribution in [0.15, 0.2) is 78.6 Å². The number of hydrogen-bond acceptors (Lipinski definition) is 7. The number of nitrogens with zero attached hydrogens (tertiary/aromatic N) is 2. The molecule has 1 atom stereocenters. The summed E-state index contributed by atoms with van der Waals surface area (Å²) in [5.74, 6) is 0.720. The van der Waals surface area contributed by atoms with Crippen LogP contribution in [0.5, 0.6) is 11.6 Å². The number of carbonyl (C=O) groups is 1. The number of rotatable bonds is 7. The molecule has 0 aliphatic rings. The molecule has 0 fully saturated rings. The van der Waals surface area contributed by atoms with Crippen molar-refractivity contribution < 1.29 is 14.1 Å². The molecule has 3 aromatic heterocycles. The predicted octanol–water partition coefficient (Wildman–Crippen LogP) is 5.09. The van der Waals surface area contributed by atoms with Crippen molar-refractivity contribution in [3.8, 4) is 11.6 Å². The minimum absolute atomic E-state index is 0.293. The van der Waals surface area contributed by atoms with E-state index in [1.807, 2.05) is 18.2 Å². The van der Waals surface area contributed by atoms with Gasteiger partial charge in [-0.15, -0.1) is 11.3 Å². The van der Waals surface area contributed by atoms with E-state index in [1.54, 1.807) is 60.3 Å². The summed E-state index contributed by atoms with van der Waals surface area (Å²) in [4.78, 5) is 20.1. The SMILES string of the molecule is C=CC(=O)Nc1cccc(Oc2nccc3sc(Nc4ccc([S+](C)[O-])nc4)cc23)c1. The van der Waals surface area contributed by atoms with Crippen molar-refractivity contribution in [2.75, 3.05) is 16.9 Å². The molecular weight excluding hydrogens is 432 g/mol. The number of benzene rings is 1. The Kier molecular flexibility index (Phi) is 6.17. The lowest BCUT2D eigenvalue weighted by Crippen LogP contribution is -2.06. The maximum Gasteiger partial charge on any atom is 0.247 e. The lowest BCUT2D eigenvalue weighted by Gasteiger charge is -2.08. The highest BCUT2D eigenvalue weighted by Gasteiger charge is 2.11. The van der Waals surface area contributed by atoms with Crippen molar-refractivity contribution in [2.24, 2.45) is 0 Å². The number of fused-ring (bicyclic) bond motifs is 1. The van der Waals surface area contributed by atoms with Crippen LogP contribution >= 0.6 is 11.3 Å². The highest BCUT2D eigenvalue weighted by Crippen LogP contribution is 2.37. The Morgan fingerprint density at radius 3 is 2.81 bits per heavy atom. The highest BCUT2D eigenvalue weighted by molar-refractivity contribution is 7.90. The largest absolute Gasteiger partial charge is 0.610 e. The van der Waals surface area contributed by atoms with E-state index in [9.17, 15) is 9.35 Å². The second-order valence-electron chi connectivity index (χ2n) is 6.43. The third kappa shape index (κ3) is 5.02. The van der Waals surface area contributed by atoms with E-state index in [4.69, 9.17) is 4.74 Å². The third-order valence-corrected chi connectivity index (χ3v) is 6.06. The molecule has 3 heterocycles. The minimum atomic E-state index is -1.11. The Hall–Kier alpha value is -3.40. The summed E-state index contributed by atoms with van der Waals surface area (Å²) in [5.41, 5.74) is 1.40. The molecule has 156 valence electrons. The van der Waals surface area contributed by atoms with Crippen LogP contribution in [0.3, 0.4) is 0 Å². The van der Waals surface area contributed by atoms with E-state index in [2.05, 4.69) is 27.2 Å². The lowest BCUT2D eigenvalue weighted by atomic mass is 10.3. The van der Waals surface area contributed by atoms with Gasteiger partial charge in [-0.3, -0.25) is 4.79 Å². The van der Waals surface area contributed by atoms with Gasteiger partial charge in [-0.05, 0) is 36.4 Å². The number of nitrogens with one attached hydrogen (secondary N) is 2. The molecule has 1 aromatic carbocycles. The van der Waals surface area contributed by atoms with Crippen LogP contribution in [0.2, 0.25) is 0 Å². The smallest absolute Gasteiger partial charge is 0.247 e. The number of anilines is 3. The molecule has 31 heavy (non-hydrogen) atoms. The van der Waals surface area contributed by atoms with Crippen LogP contribution in [0, 0.1) is 0 Å². The number of hydrogen-bond donors (Lipinski definition) is 2. The zero-order chi connectivity index (χ0) is 21.8. The Bertz CT molecular complexity index is 1240. The number of ether oxygens (including phenoxy) is 1. The number of thiophene rings is 1. The van der Waals surface area contributed by atoms with E-state index in [1.165, 1.54) is 6.08 Å². The van der Waals surface area contributed by atoms with Gasteiger partial charge >= 0.3 is 0 Å². The topological polar surface area (TPSA) is 99.2 Å². The van der Waals surface area contributed by atoms with Gasteiger partial charge in [0.2, 0.25) is 16.8 Å². The summed E-state index contributed by atoms with van der Waals surface area (Å²) in [6.45, 7) is 3.45. The van der Waals surface area contributed by atoms with Gasteiger partial charge < -0.3 is 19.9 Å². The first-order valence-corrected chi connectivity index (χ1v) is 11.6. The molecule has 0 bridgehead atoms. The monoisotopic (exact) mass is 450 g/mol. The molecule has 9 heteroatoms. The quantitative estimate of drug-likeness (QED) is 0.301. The Balaban J connectivity index is 1.56. The zero-order valence-electron chi connectivity index (χ0n) is 16.5. The fourth-order valence-corrected chi connectivity index (χ4v) is 4.22. The van der Waals surface area contributed by atoms with Crippen LogP contribution in [0.25, 0.3) is 10.1 Å². The molecule has 0 radical (unpaired) electrons. The van der Waals surface area contributed by atoms with Gasteiger partial charge in [-0.25, -0.2) is 9.97 Å². The molecule has 0 aliphatic heterocycles. The fourth-order valence-electron chi connectivity index (χ4n) is 2.79. The van der Waals surface area contributed by atoms with E-state index >= 15 is 0 Å². The molecule has 1 unspecified atom stereocenters. The van der Waals surface area contributed by atoms with Gasteiger partial charge in [0, 0.05) is 39.9 Å². The van der Waals surface area contributed by atoms with E-state index in [0.717, 1.165) is 20.8 Å².